The van der Waals surface area contributed by atoms with Gasteiger partial charge in [-0.1, -0.05) is 13.0 Å². The monoisotopic (exact) mass is 328 g/mol. The molecule has 7 nitrogen and oxygen atoms in total. The first-order valence-electron chi connectivity index (χ1n) is 6.83. The van der Waals surface area contributed by atoms with Gasteiger partial charge in [0.1, 0.15) is 6.54 Å². The number of ether oxygens (including phenoxy) is 1. The molecule has 1 rings (SSSR count). The number of nitrogens with one attached hydrogen (secondary N) is 1. The maximum Gasteiger partial charge on any atom is 0.321 e. The van der Waals surface area contributed by atoms with Gasteiger partial charge >= 0.3 is 5.97 Å². The van der Waals surface area contributed by atoms with E-state index in [2.05, 4.69) is 5.32 Å². The zero-order valence-corrected chi connectivity index (χ0v) is 13.6. The van der Waals surface area contributed by atoms with Crippen LogP contribution in [-0.4, -0.2) is 44.8 Å². The Labute approximate surface area is 130 Å². The van der Waals surface area contributed by atoms with Crippen molar-refractivity contribution in [3.63, 3.8) is 0 Å². The van der Waals surface area contributed by atoms with Crippen LogP contribution >= 0.6 is 0 Å². The number of hydrogen-bond donors (Lipinski definition) is 1. The predicted octanol–water partition coefficient (Wildman–Crippen LogP) is 1.22. The van der Waals surface area contributed by atoms with Crippen LogP contribution < -0.4 is 5.32 Å². The minimum Gasteiger partial charge on any atom is -0.465 e. The summed E-state index contributed by atoms with van der Waals surface area (Å²) in [6, 6.07) is 5.87. The zero-order valence-electron chi connectivity index (χ0n) is 12.8. The third-order valence-corrected chi connectivity index (χ3v) is 4.60. The number of anilines is 1. The minimum absolute atomic E-state index is 0.00629. The van der Waals surface area contributed by atoms with Crippen molar-refractivity contribution in [3.8, 4) is 0 Å². The van der Waals surface area contributed by atoms with Crippen LogP contribution in [0.1, 0.15) is 20.3 Å². The highest BCUT2D eigenvalue weighted by Gasteiger charge is 2.23. The molecule has 22 heavy (non-hydrogen) atoms. The molecule has 0 saturated carbocycles. The van der Waals surface area contributed by atoms with E-state index in [9.17, 15) is 18.0 Å². The quantitative estimate of drug-likeness (QED) is 0.760. The summed E-state index contributed by atoms with van der Waals surface area (Å²) >= 11 is 0. The number of carbonyl (C=O) groups is 2. The normalized spacial score (nSPS) is 11.3. The number of rotatable bonds is 7. The molecular formula is C14H20N2O5S. The van der Waals surface area contributed by atoms with Crippen molar-refractivity contribution in [2.45, 2.75) is 25.2 Å². The smallest absolute Gasteiger partial charge is 0.321 e. The number of carbonyl (C=O) groups excluding carboxylic acids is 2. The summed E-state index contributed by atoms with van der Waals surface area (Å²) in [5.74, 6) is -0.835. The Morgan fingerprint density at radius 1 is 1.27 bits per heavy atom. The van der Waals surface area contributed by atoms with Gasteiger partial charge in [-0.25, -0.2) is 8.42 Å². The Bertz CT molecular complexity index is 642. The second-order valence-electron chi connectivity index (χ2n) is 4.50. The summed E-state index contributed by atoms with van der Waals surface area (Å²) in [5, 5.41) is 2.59. The maximum absolute atomic E-state index is 12.4. The first kappa shape index (κ1) is 18.1. The molecule has 0 aliphatic heterocycles. The van der Waals surface area contributed by atoms with Crippen LogP contribution in [0, 0.1) is 0 Å². The fourth-order valence-corrected chi connectivity index (χ4v) is 2.80. The third kappa shape index (κ3) is 4.81. The lowest BCUT2D eigenvalue weighted by molar-refractivity contribution is -0.143. The lowest BCUT2D eigenvalue weighted by Crippen LogP contribution is -2.33. The van der Waals surface area contributed by atoms with Crippen LogP contribution in [0.5, 0.6) is 0 Å². The molecule has 0 radical (unpaired) electrons. The highest BCUT2D eigenvalue weighted by atomic mass is 32.2. The summed E-state index contributed by atoms with van der Waals surface area (Å²) in [6.07, 6.45) is 0.291. The molecule has 0 atom stereocenters. The number of hydrogen-bond acceptors (Lipinski definition) is 5. The molecule has 0 aromatic heterocycles. The standard InChI is InChI=1S/C14H20N2O5S/c1-4-13(17)15-11-7-6-8-12(9-11)22(19,20)16(3)10-14(18)21-5-2/h6-9H,4-5,10H2,1-3H3,(H,15,17). The molecule has 0 heterocycles. The van der Waals surface area contributed by atoms with E-state index in [0.29, 0.717) is 12.1 Å². The van der Waals surface area contributed by atoms with Gasteiger partial charge < -0.3 is 10.1 Å². The van der Waals surface area contributed by atoms with E-state index in [-0.39, 0.29) is 24.0 Å². The van der Waals surface area contributed by atoms with Gasteiger partial charge in [0.15, 0.2) is 0 Å². The summed E-state index contributed by atoms with van der Waals surface area (Å²) in [6.45, 7) is 3.16. The average Bonchev–Trinajstić information content (AvgIpc) is 2.47. The van der Waals surface area contributed by atoms with Crippen LogP contribution in [0.4, 0.5) is 5.69 Å². The Morgan fingerprint density at radius 2 is 1.95 bits per heavy atom. The minimum atomic E-state index is -3.84. The number of sulfonamides is 1. The van der Waals surface area contributed by atoms with Crippen molar-refractivity contribution < 1.29 is 22.7 Å². The number of benzene rings is 1. The summed E-state index contributed by atoms with van der Waals surface area (Å²) in [7, 11) is -2.54. The number of amides is 1. The molecule has 1 N–H and O–H groups in total. The van der Waals surface area contributed by atoms with E-state index in [1.165, 1.54) is 25.2 Å². The van der Waals surface area contributed by atoms with Crippen LogP contribution in [0.2, 0.25) is 0 Å². The molecule has 0 spiro atoms. The van der Waals surface area contributed by atoms with Crippen molar-refractivity contribution in [1.82, 2.24) is 4.31 Å². The van der Waals surface area contributed by atoms with Crippen LogP contribution in [0.3, 0.4) is 0 Å². The highest BCUT2D eigenvalue weighted by Crippen LogP contribution is 2.19. The fourth-order valence-electron chi connectivity index (χ4n) is 1.64. The van der Waals surface area contributed by atoms with Gasteiger partial charge in [-0.05, 0) is 25.1 Å². The average molecular weight is 328 g/mol. The Hall–Kier alpha value is -1.93. The topological polar surface area (TPSA) is 92.8 Å². The first-order valence-corrected chi connectivity index (χ1v) is 8.27. The van der Waals surface area contributed by atoms with Crippen molar-refractivity contribution in [2.75, 3.05) is 25.5 Å². The van der Waals surface area contributed by atoms with Gasteiger partial charge in [-0.15, -0.1) is 0 Å². The summed E-state index contributed by atoms with van der Waals surface area (Å²) in [4.78, 5) is 22.8. The molecule has 122 valence electrons. The van der Waals surface area contributed by atoms with Gasteiger partial charge in [0, 0.05) is 19.2 Å². The van der Waals surface area contributed by atoms with Crippen molar-refractivity contribution in [3.05, 3.63) is 24.3 Å². The predicted molar refractivity (Wildman–Crippen MR) is 81.8 cm³/mol. The van der Waals surface area contributed by atoms with E-state index >= 15 is 0 Å². The first-order chi connectivity index (χ1) is 10.3. The van der Waals surface area contributed by atoms with Crippen LogP contribution in [0.25, 0.3) is 0 Å². The Kier molecular flexibility index (Phi) is 6.51. The highest BCUT2D eigenvalue weighted by molar-refractivity contribution is 7.89. The molecule has 8 heteroatoms. The number of esters is 1. The second-order valence-corrected chi connectivity index (χ2v) is 6.54. The molecule has 1 aromatic carbocycles. The lowest BCUT2D eigenvalue weighted by Gasteiger charge is -2.16. The van der Waals surface area contributed by atoms with Gasteiger partial charge in [0.05, 0.1) is 11.5 Å². The molecule has 0 aliphatic rings. The molecular weight excluding hydrogens is 308 g/mol. The van der Waals surface area contributed by atoms with E-state index < -0.39 is 16.0 Å². The number of likely N-dealkylation sites (N-methyl/N-ethyl adjacent to an activating group) is 1. The molecule has 0 aliphatic carbocycles. The number of nitrogens with zero attached hydrogens (tertiary/aromatic N) is 1. The Balaban J connectivity index is 2.95. The molecule has 0 saturated heterocycles. The molecule has 1 aromatic rings. The van der Waals surface area contributed by atoms with Crippen LogP contribution in [0.15, 0.2) is 29.2 Å². The van der Waals surface area contributed by atoms with Gasteiger partial charge in [0.25, 0.3) is 0 Å². The fraction of sp³-hybridized carbons (Fsp3) is 0.429. The molecule has 1 amide bonds. The van der Waals surface area contributed by atoms with E-state index in [0.717, 1.165) is 4.31 Å². The maximum atomic E-state index is 12.4. The van der Waals surface area contributed by atoms with Crippen molar-refractivity contribution in [1.29, 1.82) is 0 Å². The third-order valence-electron chi connectivity index (χ3n) is 2.80. The zero-order chi connectivity index (χ0) is 16.8. The van der Waals surface area contributed by atoms with Crippen molar-refractivity contribution >= 4 is 27.6 Å². The molecule has 0 bridgehead atoms. The second kappa shape index (κ2) is 7.90. The van der Waals surface area contributed by atoms with Gasteiger partial charge in [0.2, 0.25) is 15.9 Å². The van der Waals surface area contributed by atoms with E-state index in [4.69, 9.17) is 4.74 Å². The summed E-state index contributed by atoms with van der Waals surface area (Å²) in [5.41, 5.74) is 0.387. The lowest BCUT2D eigenvalue weighted by atomic mass is 10.3. The van der Waals surface area contributed by atoms with Gasteiger partial charge in [-0.3, -0.25) is 9.59 Å². The molecule has 0 unspecified atom stereocenters. The van der Waals surface area contributed by atoms with Gasteiger partial charge in [-0.2, -0.15) is 4.31 Å². The SMILES string of the molecule is CCOC(=O)CN(C)S(=O)(=O)c1cccc(NC(=O)CC)c1. The Morgan fingerprint density at radius 3 is 2.55 bits per heavy atom. The van der Waals surface area contributed by atoms with Crippen LogP contribution in [-0.2, 0) is 24.3 Å². The van der Waals surface area contributed by atoms with E-state index in [1.54, 1.807) is 19.9 Å². The van der Waals surface area contributed by atoms with Crippen molar-refractivity contribution in [2.24, 2.45) is 0 Å². The molecule has 0 fully saturated rings. The summed E-state index contributed by atoms with van der Waals surface area (Å²) < 4.78 is 30.4. The van der Waals surface area contributed by atoms with E-state index in [1.807, 2.05) is 0 Å². The largest absolute Gasteiger partial charge is 0.465 e.